The van der Waals surface area contributed by atoms with Gasteiger partial charge in [-0.15, -0.1) is 0 Å². The number of nitrogens with two attached hydrogens (primary N) is 2. The van der Waals surface area contributed by atoms with Gasteiger partial charge in [0.15, 0.2) is 4.90 Å². The summed E-state index contributed by atoms with van der Waals surface area (Å²) in [5, 5.41) is 4.80. The van der Waals surface area contributed by atoms with Gasteiger partial charge in [-0.1, -0.05) is 0 Å². The zero-order valence-corrected chi connectivity index (χ0v) is 8.96. The van der Waals surface area contributed by atoms with Crippen molar-refractivity contribution in [3.05, 3.63) is 11.8 Å². The Hall–Kier alpha value is -1.48. The second-order valence-corrected chi connectivity index (χ2v) is 4.31. The molecule has 9 heteroatoms. The maximum absolute atomic E-state index is 12.7. The summed E-state index contributed by atoms with van der Waals surface area (Å²) in [5.74, 6) is -0.507. The van der Waals surface area contributed by atoms with Gasteiger partial charge in [0.25, 0.3) is 6.43 Å². The Kier molecular flexibility index (Phi) is 3.29. The van der Waals surface area contributed by atoms with E-state index < -0.39 is 38.5 Å². The van der Waals surface area contributed by atoms with Gasteiger partial charge in [0.1, 0.15) is 0 Å². The quantitative estimate of drug-likeness (QED) is 0.803. The molecule has 4 N–H and O–H groups in total. The first-order valence-corrected chi connectivity index (χ1v) is 5.47. The van der Waals surface area contributed by atoms with Crippen molar-refractivity contribution >= 4 is 15.7 Å². The molecule has 0 fully saturated rings. The number of rotatable bonds is 3. The molecule has 0 atom stereocenters. The van der Waals surface area contributed by atoms with Crippen LogP contribution in [0.15, 0.2) is 11.1 Å². The summed E-state index contributed by atoms with van der Waals surface area (Å²) in [6.07, 6.45) is -2.21. The van der Waals surface area contributed by atoms with Gasteiger partial charge in [0.2, 0.25) is 15.9 Å². The van der Waals surface area contributed by atoms with Crippen molar-refractivity contribution < 1.29 is 21.9 Å². The monoisotopic (exact) mass is 253 g/mol. The SMILES string of the molecule is COc1ncc(N)c(C(F)F)c1S(N)(=O)=O. The summed E-state index contributed by atoms with van der Waals surface area (Å²) < 4.78 is 52.2. The van der Waals surface area contributed by atoms with Gasteiger partial charge >= 0.3 is 0 Å². The number of hydrogen-bond donors (Lipinski definition) is 2. The molecule has 0 amide bonds. The fourth-order valence-corrected chi connectivity index (χ4v) is 2.04. The molecule has 0 unspecified atom stereocenters. The van der Waals surface area contributed by atoms with Gasteiger partial charge in [-0.3, -0.25) is 0 Å². The molecule has 1 aromatic heterocycles. The molecule has 1 aromatic rings. The van der Waals surface area contributed by atoms with Crippen LogP contribution in [0.3, 0.4) is 0 Å². The summed E-state index contributed by atoms with van der Waals surface area (Å²) in [6, 6.07) is 0. The van der Waals surface area contributed by atoms with Gasteiger partial charge in [-0.25, -0.2) is 27.3 Å². The van der Waals surface area contributed by atoms with Crippen LogP contribution in [0, 0.1) is 0 Å². The standard InChI is InChI=1S/C7H9F2N3O3S/c1-15-7-5(16(11,13)14)4(6(8)9)3(10)2-12-7/h2,6H,10H2,1H3,(H2,11,13,14). The van der Waals surface area contributed by atoms with E-state index in [0.29, 0.717) is 0 Å². The number of alkyl halides is 2. The highest BCUT2D eigenvalue weighted by atomic mass is 32.2. The molecule has 0 aliphatic heterocycles. The zero-order chi connectivity index (χ0) is 12.5. The number of pyridine rings is 1. The molecule has 16 heavy (non-hydrogen) atoms. The first-order valence-electron chi connectivity index (χ1n) is 3.92. The number of halogens is 2. The number of nitrogen functional groups attached to an aromatic ring is 1. The van der Waals surface area contributed by atoms with Crippen molar-refractivity contribution in [2.75, 3.05) is 12.8 Å². The molecule has 0 radical (unpaired) electrons. The van der Waals surface area contributed by atoms with E-state index in [4.69, 9.17) is 10.9 Å². The van der Waals surface area contributed by atoms with E-state index in [1.165, 1.54) is 0 Å². The van der Waals surface area contributed by atoms with Crippen LogP contribution in [0.1, 0.15) is 12.0 Å². The zero-order valence-electron chi connectivity index (χ0n) is 8.15. The van der Waals surface area contributed by atoms with Crippen LogP contribution >= 0.6 is 0 Å². The first kappa shape index (κ1) is 12.6. The van der Waals surface area contributed by atoms with Crippen LogP contribution in [0.5, 0.6) is 5.88 Å². The van der Waals surface area contributed by atoms with E-state index in [-0.39, 0.29) is 0 Å². The van der Waals surface area contributed by atoms with Crippen LogP contribution in [-0.4, -0.2) is 20.5 Å². The van der Waals surface area contributed by atoms with Crippen LogP contribution in [0.4, 0.5) is 14.5 Å². The molecule has 0 aromatic carbocycles. The van der Waals surface area contributed by atoms with Gasteiger partial charge in [-0.05, 0) is 0 Å². The fourth-order valence-electron chi connectivity index (χ4n) is 1.15. The van der Waals surface area contributed by atoms with Gasteiger partial charge < -0.3 is 10.5 Å². The predicted molar refractivity (Wildman–Crippen MR) is 51.5 cm³/mol. The molecule has 0 aliphatic rings. The lowest BCUT2D eigenvalue weighted by molar-refractivity contribution is 0.147. The minimum atomic E-state index is -4.39. The summed E-state index contributed by atoms with van der Waals surface area (Å²) in [6.45, 7) is 0. The third kappa shape index (κ3) is 2.19. The van der Waals surface area contributed by atoms with Crippen LogP contribution in [-0.2, 0) is 10.0 Å². The number of anilines is 1. The van der Waals surface area contributed by atoms with Crippen LogP contribution in [0.25, 0.3) is 0 Å². The highest BCUT2D eigenvalue weighted by Gasteiger charge is 2.28. The van der Waals surface area contributed by atoms with Crippen molar-refractivity contribution in [3.8, 4) is 5.88 Å². The minimum Gasteiger partial charge on any atom is -0.480 e. The fraction of sp³-hybridized carbons (Fsp3) is 0.286. The Labute approximate surface area is 90.3 Å². The highest BCUT2D eigenvalue weighted by molar-refractivity contribution is 7.89. The smallest absolute Gasteiger partial charge is 0.267 e. The molecule has 1 heterocycles. The molecular weight excluding hydrogens is 244 g/mol. The Morgan fingerprint density at radius 3 is 2.44 bits per heavy atom. The molecule has 0 saturated heterocycles. The number of sulfonamides is 1. The Bertz CT molecular complexity index is 504. The summed E-state index contributed by atoms with van der Waals surface area (Å²) in [7, 11) is -3.31. The van der Waals surface area contributed by atoms with Crippen molar-refractivity contribution in [2.24, 2.45) is 5.14 Å². The third-order valence-electron chi connectivity index (χ3n) is 1.77. The van der Waals surface area contributed by atoms with E-state index in [1.807, 2.05) is 0 Å². The van der Waals surface area contributed by atoms with Crippen LogP contribution < -0.4 is 15.6 Å². The Balaban J connectivity index is 3.70. The van der Waals surface area contributed by atoms with E-state index in [1.54, 1.807) is 0 Å². The van der Waals surface area contributed by atoms with Crippen molar-refractivity contribution in [1.82, 2.24) is 4.98 Å². The predicted octanol–water partition coefficient (Wildman–Crippen LogP) is 0.257. The topological polar surface area (TPSA) is 108 Å². The molecule has 0 spiro atoms. The number of primary sulfonamides is 1. The van der Waals surface area contributed by atoms with Crippen molar-refractivity contribution in [2.45, 2.75) is 11.3 Å². The number of hydrogen-bond acceptors (Lipinski definition) is 5. The lowest BCUT2D eigenvalue weighted by Gasteiger charge is -2.12. The number of methoxy groups -OCH3 is 1. The van der Waals surface area contributed by atoms with Crippen molar-refractivity contribution in [1.29, 1.82) is 0 Å². The second kappa shape index (κ2) is 4.18. The lowest BCUT2D eigenvalue weighted by atomic mass is 10.2. The maximum atomic E-state index is 12.7. The largest absolute Gasteiger partial charge is 0.480 e. The molecule has 90 valence electrons. The maximum Gasteiger partial charge on any atom is 0.267 e. The molecule has 0 bridgehead atoms. The third-order valence-corrected chi connectivity index (χ3v) is 2.73. The molecule has 0 aliphatic carbocycles. The number of aromatic nitrogens is 1. The summed E-state index contributed by atoms with van der Waals surface area (Å²) >= 11 is 0. The average molecular weight is 253 g/mol. The van der Waals surface area contributed by atoms with E-state index >= 15 is 0 Å². The first-order chi connectivity index (χ1) is 7.29. The Morgan fingerprint density at radius 1 is 1.50 bits per heavy atom. The highest BCUT2D eigenvalue weighted by Crippen LogP contribution is 2.35. The molecule has 1 rings (SSSR count). The minimum absolute atomic E-state index is 0.458. The van der Waals surface area contributed by atoms with E-state index in [0.717, 1.165) is 13.3 Å². The van der Waals surface area contributed by atoms with E-state index in [2.05, 4.69) is 9.72 Å². The summed E-state index contributed by atoms with van der Waals surface area (Å²) in [5.41, 5.74) is 3.87. The lowest BCUT2D eigenvalue weighted by Crippen LogP contribution is -2.18. The van der Waals surface area contributed by atoms with Gasteiger partial charge in [0, 0.05) is 0 Å². The molecule has 0 saturated carbocycles. The second-order valence-electron chi connectivity index (χ2n) is 2.81. The van der Waals surface area contributed by atoms with Crippen LogP contribution in [0.2, 0.25) is 0 Å². The van der Waals surface area contributed by atoms with Crippen molar-refractivity contribution in [3.63, 3.8) is 0 Å². The number of ether oxygens (including phenoxy) is 1. The van der Waals surface area contributed by atoms with E-state index in [9.17, 15) is 17.2 Å². The van der Waals surface area contributed by atoms with Gasteiger partial charge in [-0.2, -0.15) is 0 Å². The van der Waals surface area contributed by atoms with Gasteiger partial charge in [0.05, 0.1) is 24.6 Å². The summed E-state index contributed by atoms with van der Waals surface area (Å²) in [4.78, 5) is 2.58. The molecular formula is C7H9F2N3O3S. The number of nitrogens with zero attached hydrogens (tertiary/aromatic N) is 1. The average Bonchev–Trinajstić information content (AvgIpc) is 2.15. The Morgan fingerprint density at radius 2 is 2.06 bits per heavy atom. The molecule has 6 nitrogen and oxygen atoms in total. The normalized spacial score (nSPS) is 11.8.